The molecule has 3 rings (SSSR count). The molecule has 0 radical (unpaired) electrons. The number of nitrogens with zero attached hydrogens (tertiary/aromatic N) is 2. The van der Waals surface area contributed by atoms with Crippen LogP contribution in [0.2, 0.25) is 0 Å². The van der Waals surface area contributed by atoms with Crippen molar-refractivity contribution in [3.8, 4) is 0 Å². The Morgan fingerprint density at radius 2 is 1.23 bits per heavy atom. The maximum atomic E-state index is 10.4. The summed E-state index contributed by atoms with van der Waals surface area (Å²) in [5.74, 6) is 0. The summed E-state index contributed by atoms with van der Waals surface area (Å²) < 4.78 is 29.2. The number of hydrogen-bond donors (Lipinski definition) is 2. The Bertz CT molecular complexity index is 942. The molecular formula is C18H17N3NaO3S+. The SMILES string of the molecule is N#[N+]c1ccc(Nc2ccccc2)cc1.O=S(=O)(O)c1ccccc1.[NaH]. The van der Waals surface area contributed by atoms with E-state index in [1.54, 1.807) is 30.3 Å². The molecule has 0 saturated carbocycles. The van der Waals surface area contributed by atoms with Crippen molar-refractivity contribution in [3.05, 3.63) is 89.9 Å². The van der Waals surface area contributed by atoms with E-state index < -0.39 is 10.1 Å². The predicted octanol–water partition coefficient (Wildman–Crippen LogP) is 4.20. The van der Waals surface area contributed by atoms with E-state index in [1.807, 2.05) is 42.5 Å². The van der Waals surface area contributed by atoms with Gasteiger partial charge in [-0.3, -0.25) is 4.55 Å². The minimum absolute atomic E-state index is 0. The fourth-order valence-corrected chi connectivity index (χ4v) is 2.39. The molecular weight excluding hydrogens is 361 g/mol. The second-order valence-corrected chi connectivity index (χ2v) is 6.35. The van der Waals surface area contributed by atoms with Crippen molar-refractivity contribution < 1.29 is 13.0 Å². The van der Waals surface area contributed by atoms with E-state index in [-0.39, 0.29) is 34.5 Å². The fourth-order valence-electron chi connectivity index (χ4n) is 1.89. The van der Waals surface area contributed by atoms with Crippen LogP contribution in [0.3, 0.4) is 0 Å². The van der Waals surface area contributed by atoms with E-state index in [9.17, 15) is 8.42 Å². The molecule has 0 aliphatic rings. The van der Waals surface area contributed by atoms with Gasteiger partial charge in [-0.05, 0) is 36.4 Å². The topological polar surface area (TPSA) is 94.5 Å². The molecule has 0 spiro atoms. The summed E-state index contributed by atoms with van der Waals surface area (Å²) in [5, 5.41) is 11.8. The molecule has 26 heavy (non-hydrogen) atoms. The average molecular weight is 378 g/mol. The van der Waals surface area contributed by atoms with Gasteiger partial charge < -0.3 is 5.32 Å². The van der Waals surface area contributed by atoms with Crippen LogP contribution in [0.15, 0.2) is 89.8 Å². The number of anilines is 2. The van der Waals surface area contributed by atoms with Crippen molar-refractivity contribution in [2.75, 3.05) is 5.32 Å². The van der Waals surface area contributed by atoms with Crippen molar-refractivity contribution in [1.29, 1.82) is 5.39 Å². The van der Waals surface area contributed by atoms with Gasteiger partial charge in [0.05, 0.1) is 4.90 Å². The van der Waals surface area contributed by atoms with Gasteiger partial charge in [0.1, 0.15) is 0 Å². The Kier molecular flexibility index (Phi) is 8.99. The van der Waals surface area contributed by atoms with Crippen LogP contribution in [0.1, 0.15) is 0 Å². The third-order valence-corrected chi connectivity index (χ3v) is 3.95. The molecule has 0 unspecified atom stereocenters. The van der Waals surface area contributed by atoms with Crippen molar-refractivity contribution >= 4 is 56.7 Å². The normalized spacial score (nSPS) is 9.69. The second kappa shape index (κ2) is 10.7. The molecule has 8 heteroatoms. The molecule has 0 aliphatic carbocycles. The van der Waals surface area contributed by atoms with Crippen LogP contribution >= 0.6 is 0 Å². The average Bonchev–Trinajstić information content (AvgIpc) is 2.64. The van der Waals surface area contributed by atoms with E-state index in [2.05, 4.69) is 10.3 Å². The van der Waals surface area contributed by atoms with Gasteiger partial charge in [0, 0.05) is 23.5 Å². The monoisotopic (exact) mass is 378 g/mol. The van der Waals surface area contributed by atoms with Crippen molar-refractivity contribution in [2.24, 2.45) is 0 Å². The van der Waals surface area contributed by atoms with Crippen molar-refractivity contribution in [1.82, 2.24) is 0 Å². The molecule has 6 nitrogen and oxygen atoms in total. The standard InChI is InChI=1S/C12H10N3.C6H6O3S.Na.H/c13-15-12-8-6-11(7-9-12)14-10-4-2-1-3-5-10;7-10(8,9)6-4-2-1-3-5-6;;/h1-9,14H;1-5H,(H,7,8,9);;/q+1;;;. The number of rotatable bonds is 3. The minimum atomic E-state index is -4.00. The van der Waals surface area contributed by atoms with Crippen LogP contribution < -0.4 is 5.32 Å². The quantitative estimate of drug-likeness (QED) is 0.405. The first-order valence-electron chi connectivity index (χ1n) is 7.29. The van der Waals surface area contributed by atoms with Gasteiger partial charge in [-0.15, -0.1) is 0 Å². The van der Waals surface area contributed by atoms with Crippen LogP contribution in [0.25, 0.3) is 4.98 Å². The predicted molar refractivity (Wildman–Crippen MR) is 104 cm³/mol. The van der Waals surface area contributed by atoms with Crippen molar-refractivity contribution in [3.63, 3.8) is 0 Å². The molecule has 0 bridgehead atoms. The van der Waals surface area contributed by atoms with Gasteiger partial charge in [0.25, 0.3) is 10.1 Å². The molecule has 0 aromatic heterocycles. The Hall–Kier alpha value is -2.21. The summed E-state index contributed by atoms with van der Waals surface area (Å²) in [6.07, 6.45) is 0. The molecule has 128 valence electrons. The number of nitrogens with one attached hydrogen (secondary N) is 1. The Morgan fingerprint density at radius 3 is 1.65 bits per heavy atom. The van der Waals surface area contributed by atoms with Crippen molar-refractivity contribution in [2.45, 2.75) is 4.90 Å². The van der Waals surface area contributed by atoms with Crippen LogP contribution in [0, 0.1) is 5.39 Å². The molecule has 0 saturated heterocycles. The zero-order valence-corrected chi connectivity index (χ0v) is 14.0. The molecule has 0 aliphatic heterocycles. The molecule has 0 fully saturated rings. The summed E-state index contributed by atoms with van der Waals surface area (Å²) in [5.41, 5.74) is 2.55. The number of hydrogen-bond acceptors (Lipinski definition) is 4. The Balaban J connectivity index is 0.000000270. The first-order valence-corrected chi connectivity index (χ1v) is 8.73. The fraction of sp³-hybridized carbons (Fsp3) is 0. The van der Waals surface area contributed by atoms with E-state index in [1.165, 1.54) is 12.1 Å². The molecule has 2 N–H and O–H groups in total. The number of benzene rings is 3. The summed E-state index contributed by atoms with van der Waals surface area (Å²) in [7, 11) is -4.00. The first kappa shape index (κ1) is 21.8. The third kappa shape index (κ3) is 7.35. The van der Waals surface area contributed by atoms with Crippen LogP contribution in [-0.4, -0.2) is 42.5 Å². The first-order chi connectivity index (χ1) is 12.0. The molecule has 0 atom stereocenters. The number of diazo groups is 1. The van der Waals surface area contributed by atoms with Gasteiger partial charge in [-0.25, -0.2) is 0 Å². The molecule has 0 amide bonds. The Labute approximate surface area is 174 Å². The molecule has 0 heterocycles. The van der Waals surface area contributed by atoms with Crippen LogP contribution in [0.5, 0.6) is 0 Å². The third-order valence-electron chi connectivity index (χ3n) is 3.09. The van der Waals surface area contributed by atoms with Gasteiger partial charge >= 0.3 is 35.2 Å². The van der Waals surface area contributed by atoms with Crippen LogP contribution in [-0.2, 0) is 10.1 Å². The van der Waals surface area contributed by atoms with Gasteiger partial charge in [0.15, 0.2) is 4.98 Å². The zero-order chi connectivity index (χ0) is 18.1. The van der Waals surface area contributed by atoms with E-state index in [4.69, 9.17) is 9.95 Å². The van der Waals surface area contributed by atoms with E-state index in [0.717, 1.165) is 11.4 Å². The van der Waals surface area contributed by atoms with E-state index in [0.29, 0.717) is 5.69 Å². The summed E-state index contributed by atoms with van der Waals surface area (Å²) in [6, 6.07) is 24.5. The molecule has 3 aromatic rings. The van der Waals surface area contributed by atoms with Gasteiger partial charge in [0.2, 0.25) is 5.39 Å². The summed E-state index contributed by atoms with van der Waals surface area (Å²) >= 11 is 0. The second-order valence-electron chi connectivity index (χ2n) is 4.93. The Morgan fingerprint density at radius 1 is 0.769 bits per heavy atom. The van der Waals surface area contributed by atoms with Gasteiger partial charge in [-0.2, -0.15) is 8.42 Å². The number of para-hydroxylation sites is 1. The zero-order valence-electron chi connectivity index (χ0n) is 13.1. The summed E-state index contributed by atoms with van der Waals surface area (Å²) in [4.78, 5) is 3.02. The van der Waals surface area contributed by atoms with E-state index >= 15 is 0 Å². The van der Waals surface area contributed by atoms with Crippen LogP contribution in [0.4, 0.5) is 17.1 Å². The van der Waals surface area contributed by atoms with Gasteiger partial charge in [-0.1, -0.05) is 36.4 Å². The maximum absolute atomic E-state index is 10.4. The summed E-state index contributed by atoms with van der Waals surface area (Å²) in [6.45, 7) is 0. The molecule has 3 aromatic carbocycles.